The maximum Gasteiger partial charge on any atom is 0.306 e. The van der Waals surface area contributed by atoms with Crippen LogP contribution in [0.1, 0.15) is 150 Å². The molecular formula is C34H56O4. The number of Topliss-reactive ketones (excluding diaryl/α,β-unsaturated/α-hetero) is 1. The lowest BCUT2D eigenvalue weighted by Gasteiger charge is -2.64. The molecule has 0 aromatic carbocycles. The summed E-state index contributed by atoms with van der Waals surface area (Å²) >= 11 is 0. The molecule has 1 saturated heterocycles. The van der Waals surface area contributed by atoms with Crippen molar-refractivity contribution in [2.45, 2.75) is 168 Å². The number of rotatable bonds is 13. The summed E-state index contributed by atoms with van der Waals surface area (Å²) < 4.78 is 12.4. The van der Waals surface area contributed by atoms with Crippen LogP contribution in [0.25, 0.3) is 0 Å². The summed E-state index contributed by atoms with van der Waals surface area (Å²) in [6.07, 6.45) is 20.9. The zero-order valence-electron chi connectivity index (χ0n) is 25.2. The van der Waals surface area contributed by atoms with Crippen LogP contribution in [-0.4, -0.2) is 29.6 Å². The molecule has 4 heteroatoms. The van der Waals surface area contributed by atoms with Gasteiger partial charge in [0.25, 0.3) is 0 Å². The fourth-order valence-corrected chi connectivity index (χ4v) is 10.6. The predicted molar refractivity (Wildman–Crippen MR) is 152 cm³/mol. The summed E-state index contributed by atoms with van der Waals surface area (Å²) in [5, 5.41) is 0. The average Bonchev–Trinajstić information content (AvgIpc) is 3.54. The first-order valence-corrected chi connectivity index (χ1v) is 16.5. The van der Waals surface area contributed by atoms with E-state index in [2.05, 4.69) is 34.6 Å². The number of unbranched alkanes of at least 4 members (excludes halogenated alkanes) is 10. The molecule has 0 N–H and O–H groups in total. The number of carbonyl (C=O) groups is 2. The van der Waals surface area contributed by atoms with Gasteiger partial charge in [-0.1, -0.05) is 91.9 Å². The zero-order valence-corrected chi connectivity index (χ0v) is 25.2. The summed E-state index contributed by atoms with van der Waals surface area (Å²) in [7, 11) is 0. The van der Waals surface area contributed by atoms with E-state index in [1.807, 2.05) is 0 Å². The van der Waals surface area contributed by atoms with Crippen molar-refractivity contribution in [2.75, 3.05) is 0 Å². The molecule has 8 atom stereocenters. The average molecular weight is 529 g/mol. The Kier molecular flexibility index (Phi) is 8.15. The zero-order chi connectivity index (χ0) is 27.2. The number of esters is 1. The van der Waals surface area contributed by atoms with Gasteiger partial charge in [-0.05, 0) is 68.6 Å². The standard InChI is InChI=1S/C34H56O4/c1-6-7-8-9-10-11-12-13-14-15-16-17-28(36)37-29-25(35)23-32(4)26(31(29,2)3)20-21-34-22-24(18-19-27(32)34)33(5)30(34)38-33/h24,26-27,29-30H,6-23H2,1-5H3. The second-order valence-electron chi connectivity index (χ2n) is 15.2. The van der Waals surface area contributed by atoms with Crippen LogP contribution >= 0.6 is 0 Å². The first-order chi connectivity index (χ1) is 18.1. The largest absolute Gasteiger partial charge is 0.454 e. The Bertz CT molecular complexity index is 880. The van der Waals surface area contributed by atoms with Crippen molar-refractivity contribution in [2.24, 2.45) is 34.0 Å². The SMILES string of the molecule is CCCCCCCCCCCCCC(=O)OC1C(=O)CC2(C)C(CCC34CC(CCC23)C2(C)OC42)C1(C)C. The molecule has 5 fully saturated rings. The van der Waals surface area contributed by atoms with E-state index in [0.717, 1.165) is 19.3 Å². The molecule has 1 aliphatic heterocycles. The minimum Gasteiger partial charge on any atom is -0.454 e. The minimum absolute atomic E-state index is 0.0140. The van der Waals surface area contributed by atoms with Crippen molar-refractivity contribution in [3.05, 3.63) is 0 Å². The lowest BCUT2D eigenvalue weighted by molar-refractivity contribution is -0.204. The van der Waals surface area contributed by atoms with Gasteiger partial charge >= 0.3 is 5.97 Å². The molecule has 2 bridgehead atoms. The fraction of sp³-hybridized carbons (Fsp3) is 0.941. The molecule has 5 aliphatic rings. The Morgan fingerprint density at radius 2 is 1.50 bits per heavy atom. The third-order valence-corrected chi connectivity index (χ3v) is 12.4. The van der Waals surface area contributed by atoms with E-state index in [-0.39, 0.29) is 33.6 Å². The molecule has 0 aromatic heterocycles. The summed E-state index contributed by atoms with van der Waals surface area (Å²) in [4.78, 5) is 26.6. The third-order valence-electron chi connectivity index (χ3n) is 12.4. The van der Waals surface area contributed by atoms with Crippen LogP contribution in [0.4, 0.5) is 0 Å². The van der Waals surface area contributed by atoms with Crippen LogP contribution in [0.15, 0.2) is 0 Å². The second kappa shape index (κ2) is 10.8. The molecule has 4 aliphatic carbocycles. The Labute approximate surface area is 232 Å². The van der Waals surface area contributed by atoms with Crippen LogP contribution in [-0.2, 0) is 19.1 Å². The highest BCUT2D eigenvalue weighted by Crippen LogP contribution is 2.77. The topological polar surface area (TPSA) is 55.9 Å². The van der Waals surface area contributed by atoms with Gasteiger partial charge in [0.2, 0.25) is 0 Å². The molecule has 8 unspecified atom stereocenters. The summed E-state index contributed by atoms with van der Waals surface area (Å²) in [6, 6.07) is 0. The quantitative estimate of drug-likeness (QED) is 0.136. The maximum atomic E-state index is 13.7. The maximum absolute atomic E-state index is 13.7. The first-order valence-electron chi connectivity index (χ1n) is 16.5. The first kappa shape index (κ1) is 28.6. The van der Waals surface area contributed by atoms with Gasteiger partial charge in [0.05, 0.1) is 11.7 Å². The van der Waals surface area contributed by atoms with Gasteiger partial charge in [-0.3, -0.25) is 9.59 Å². The predicted octanol–water partition coefficient (Wildman–Crippen LogP) is 8.59. The Morgan fingerprint density at radius 1 is 0.868 bits per heavy atom. The van der Waals surface area contributed by atoms with Crippen molar-refractivity contribution in [1.82, 2.24) is 0 Å². The second-order valence-corrected chi connectivity index (χ2v) is 15.2. The normalized spacial score (nSPS) is 42.2. The van der Waals surface area contributed by atoms with Gasteiger partial charge < -0.3 is 9.47 Å². The van der Waals surface area contributed by atoms with Gasteiger partial charge in [-0.15, -0.1) is 0 Å². The molecule has 216 valence electrons. The van der Waals surface area contributed by atoms with Gasteiger partial charge in [0.1, 0.15) is 0 Å². The number of epoxide rings is 1. The third kappa shape index (κ3) is 4.81. The van der Waals surface area contributed by atoms with Crippen molar-refractivity contribution < 1.29 is 19.1 Å². The number of carbonyl (C=O) groups excluding carboxylic acids is 2. The number of ether oxygens (including phenoxy) is 2. The monoisotopic (exact) mass is 528 g/mol. The van der Waals surface area contributed by atoms with Crippen LogP contribution in [0.2, 0.25) is 0 Å². The number of fused-ring (bicyclic) bond motifs is 5. The van der Waals surface area contributed by atoms with Gasteiger partial charge in [0, 0.05) is 23.7 Å². The van der Waals surface area contributed by atoms with Gasteiger partial charge in [0.15, 0.2) is 11.9 Å². The molecular weight excluding hydrogens is 472 g/mol. The fourth-order valence-electron chi connectivity index (χ4n) is 10.6. The Balaban J connectivity index is 1.09. The van der Waals surface area contributed by atoms with E-state index in [4.69, 9.17) is 9.47 Å². The molecule has 1 heterocycles. The highest BCUT2D eigenvalue weighted by molar-refractivity contribution is 5.88. The molecule has 4 saturated carbocycles. The Morgan fingerprint density at radius 3 is 2.16 bits per heavy atom. The van der Waals surface area contributed by atoms with Crippen LogP contribution in [0, 0.1) is 34.0 Å². The van der Waals surface area contributed by atoms with Crippen molar-refractivity contribution in [3.63, 3.8) is 0 Å². The number of hydrogen-bond acceptors (Lipinski definition) is 4. The molecule has 5 rings (SSSR count). The lowest BCUT2D eigenvalue weighted by Crippen LogP contribution is -2.63. The van der Waals surface area contributed by atoms with E-state index in [9.17, 15) is 9.59 Å². The van der Waals surface area contributed by atoms with Crippen LogP contribution < -0.4 is 0 Å². The lowest BCUT2D eigenvalue weighted by atomic mass is 9.40. The summed E-state index contributed by atoms with van der Waals surface area (Å²) in [5.41, 5.74) is 0.0534. The highest BCUT2D eigenvalue weighted by atomic mass is 16.6. The molecule has 38 heavy (non-hydrogen) atoms. The van der Waals surface area contributed by atoms with E-state index in [0.29, 0.717) is 36.7 Å². The molecule has 0 aromatic rings. The summed E-state index contributed by atoms with van der Waals surface area (Å²) in [5.74, 6) is 1.67. The van der Waals surface area contributed by atoms with E-state index in [1.54, 1.807) is 0 Å². The number of hydrogen-bond donors (Lipinski definition) is 0. The van der Waals surface area contributed by atoms with Crippen molar-refractivity contribution >= 4 is 11.8 Å². The molecule has 0 amide bonds. The minimum atomic E-state index is -0.586. The van der Waals surface area contributed by atoms with Crippen LogP contribution in [0.5, 0.6) is 0 Å². The van der Waals surface area contributed by atoms with Crippen molar-refractivity contribution in [3.8, 4) is 0 Å². The highest BCUT2D eigenvalue weighted by Gasteiger charge is 2.79. The van der Waals surface area contributed by atoms with Gasteiger partial charge in [-0.25, -0.2) is 0 Å². The van der Waals surface area contributed by atoms with Crippen LogP contribution in [0.3, 0.4) is 0 Å². The molecule has 4 nitrogen and oxygen atoms in total. The Hall–Kier alpha value is -0.900. The number of ketones is 1. The van der Waals surface area contributed by atoms with E-state index < -0.39 is 6.10 Å². The van der Waals surface area contributed by atoms with E-state index >= 15 is 0 Å². The van der Waals surface area contributed by atoms with E-state index in [1.165, 1.54) is 83.5 Å². The van der Waals surface area contributed by atoms with Crippen molar-refractivity contribution in [1.29, 1.82) is 0 Å². The molecule has 0 radical (unpaired) electrons. The van der Waals surface area contributed by atoms with Gasteiger partial charge in [-0.2, -0.15) is 0 Å². The summed E-state index contributed by atoms with van der Waals surface area (Å²) in [6.45, 7) is 11.4. The molecule has 1 spiro atoms. The smallest absolute Gasteiger partial charge is 0.306 e.